The Labute approximate surface area is 138 Å². The largest absolute Gasteiger partial charge is 0.407 e. The number of ketones is 1. The molecule has 0 saturated heterocycles. The molecule has 0 aliphatic carbocycles. The van der Waals surface area contributed by atoms with Gasteiger partial charge in [0, 0.05) is 25.4 Å². The highest BCUT2D eigenvalue weighted by molar-refractivity contribution is 6.26. The van der Waals surface area contributed by atoms with E-state index in [1.54, 1.807) is 43.4 Å². The molecule has 1 unspecified atom stereocenters. The predicted octanol–water partition coefficient (Wildman–Crippen LogP) is 4.04. The smallest absolute Gasteiger partial charge is 0.378 e. The van der Waals surface area contributed by atoms with Gasteiger partial charge in [-0.1, -0.05) is 60.7 Å². The van der Waals surface area contributed by atoms with E-state index in [4.69, 9.17) is 0 Å². The van der Waals surface area contributed by atoms with Gasteiger partial charge in [0.2, 0.25) is 0 Å². The van der Waals surface area contributed by atoms with Crippen LogP contribution in [0.4, 0.5) is 13.2 Å². The Balaban J connectivity index is 2.21. The zero-order valence-corrected chi connectivity index (χ0v) is 13.0. The number of carbonyl (C=O) groups is 1. The molecule has 124 valence electrons. The first kappa shape index (κ1) is 16.3. The molecule has 0 amide bonds. The summed E-state index contributed by atoms with van der Waals surface area (Å²) in [4.78, 5) is 14.5. The Morgan fingerprint density at radius 2 is 1.50 bits per heavy atom. The minimum absolute atomic E-state index is 0.0316. The van der Waals surface area contributed by atoms with E-state index in [1.165, 1.54) is 35.4 Å². The second-order valence-electron chi connectivity index (χ2n) is 5.92. The molecule has 2 aromatic rings. The van der Waals surface area contributed by atoms with E-state index in [0.717, 1.165) is 0 Å². The van der Waals surface area contributed by atoms with Crippen LogP contribution < -0.4 is 0 Å². The van der Waals surface area contributed by atoms with Crippen molar-refractivity contribution >= 4 is 11.4 Å². The average Bonchev–Trinajstić information content (AvgIpc) is 2.57. The fourth-order valence-corrected chi connectivity index (χ4v) is 3.15. The molecular formula is C19H16F3NO. The summed E-state index contributed by atoms with van der Waals surface area (Å²) in [6.07, 6.45) is -3.21. The van der Waals surface area contributed by atoms with E-state index in [2.05, 4.69) is 0 Å². The maximum atomic E-state index is 14.1. The lowest BCUT2D eigenvalue weighted by Crippen LogP contribution is -2.57. The highest BCUT2D eigenvalue weighted by Crippen LogP contribution is 2.47. The second-order valence-corrected chi connectivity index (χ2v) is 5.92. The first-order chi connectivity index (χ1) is 11.4. The molecule has 0 N–H and O–H groups in total. The summed E-state index contributed by atoms with van der Waals surface area (Å²) >= 11 is 0. The molecule has 1 aliphatic heterocycles. The van der Waals surface area contributed by atoms with Crippen molar-refractivity contribution in [1.29, 1.82) is 0 Å². The van der Waals surface area contributed by atoms with Gasteiger partial charge in [0.25, 0.3) is 0 Å². The Kier molecular flexibility index (Phi) is 3.95. The lowest BCUT2D eigenvalue weighted by Gasteiger charge is -2.41. The Hall–Kier alpha value is -2.56. The minimum Gasteiger partial charge on any atom is -0.378 e. The van der Waals surface area contributed by atoms with E-state index >= 15 is 0 Å². The van der Waals surface area contributed by atoms with Gasteiger partial charge >= 0.3 is 6.18 Å². The molecule has 0 radical (unpaired) electrons. The highest BCUT2D eigenvalue weighted by atomic mass is 19.4. The van der Waals surface area contributed by atoms with Crippen molar-refractivity contribution in [3.05, 3.63) is 78.0 Å². The van der Waals surface area contributed by atoms with Crippen molar-refractivity contribution in [2.75, 3.05) is 13.6 Å². The quantitative estimate of drug-likeness (QED) is 0.828. The molecule has 0 aromatic heterocycles. The number of allylic oxidation sites excluding steroid dienone is 1. The molecule has 0 bridgehead atoms. The van der Waals surface area contributed by atoms with Crippen LogP contribution in [0, 0.1) is 0 Å². The summed E-state index contributed by atoms with van der Waals surface area (Å²) in [6.45, 7) is -0.435. The van der Waals surface area contributed by atoms with Crippen LogP contribution >= 0.6 is 0 Å². The number of hydrogen-bond acceptors (Lipinski definition) is 2. The standard InChI is InChI=1S/C19H16F3NO/c1-23-12-16(14-8-4-2-5-9-14)17(24)18(13-23,19(20,21)22)15-10-6-3-7-11-15/h2-12H,13H2,1H3. The van der Waals surface area contributed by atoms with Crippen LogP contribution in [0.1, 0.15) is 11.1 Å². The van der Waals surface area contributed by atoms with E-state index in [1.807, 2.05) is 0 Å². The van der Waals surface area contributed by atoms with Gasteiger partial charge in [-0.3, -0.25) is 4.79 Å². The van der Waals surface area contributed by atoms with E-state index < -0.39 is 23.9 Å². The van der Waals surface area contributed by atoms with Gasteiger partial charge in [0.1, 0.15) is 0 Å². The fraction of sp³-hybridized carbons (Fsp3) is 0.211. The SMILES string of the molecule is CN1C=C(c2ccccc2)C(=O)C(c2ccccc2)(C(F)(F)F)C1. The molecule has 1 aliphatic rings. The molecule has 2 nitrogen and oxygen atoms in total. The Morgan fingerprint density at radius 1 is 0.958 bits per heavy atom. The minimum atomic E-state index is -4.70. The van der Waals surface area contributed by atoms with Crippen molar-refractivity contribution in [2.24, 2.45) is 0 Å². The maximum Gasteiger partial charge on any atom is 0.407 e. The second kappa shape index (κ2) is 5.82. The monoisotopic (exact) mass is 331 g/mol. The topological polar surface area (TPSA) is 20.3 Å². The van der Waals surface area contributed by atoms with Gasteiger partial charge in [-0.05, 0) is 11.1 Å². The van der Waals surface area contributed by atoms with Gasteiger partial charge < -0.3 is 4.90 Å². The summed E-state index contributed by atoms with van der Waals surface area (Å²) in [6, 6.07) is 15.9. The predicted molar refractivity (Wildman–Crippen MR) is 86.2 cm³/mol. The molecule has 0 spiro atoms. The van der Waals surface area contributed by atoms with Gasteiger partial charge in [-0.2, -0.15) is 13.2 Å². The number of alkyl halides is 3. The third-order valence-corrected chi connectivity index (χ3v) is 4.30. The molecule has 1 heterocycles. The van der Waals surface area contributed by atoms with Gasteiger partial charge in [0.05, 0.1) is 0 Å². The zero-order chi connectivity index (χ0) is 17.4. The van der Waals surface area contributed by atoms with Crippen LogP contribution in [0.25, 0.3) is 5.57 Å². The summed E-state index contributed by atoms with van der Waals surface area (Å²) in [7, 11) is 1.55. The lowest BCUT2D eigenvalue weighted by molar-refractivity contribution is -0.194. The van der Waals surface area contributed by atoms with E-state index in [-0.39, 0.29) is 11.1 Å². The number of nitrogens with zero attached hydrogens (tertiary/aromatic N) is 1. The van der Waals surface area contributed by atoms with Crippen molar-refractivity contribution in [3.8, 4) is 0 Å². The van der Waals surface area contributed by atoms with Gasteiger partial charge in [0.15, 0.2) is 11.2 Å². The summed E-state index contributed by atoms with van der Waals surface area (Å²) in [5.74, 6) is -0.912. The molecule has 5 heteroatoms. The normalized spacial score (nSPS) is 21.6. The zero-order valence-electron chi connectivity index (χ0n) is 13.0. The molecule has 2 aromatic carbocycles. The van der Waals surface area contributed by atoms with Crippen LogP contribution in [-0.4, -0.2) is 30.5 Å². The van der Waals surface area contributed by atoms with Crippen LogP contribution in [-0.2, 0) is 10.2 Å². The average molecular weight is 331 g/mol. The Bertz CT molecular complexity index is 768. The van der Waals surface area contributed by atoms with Gasteiger partial charge in [-0.15, -0.1) is 0 Å². The van der Waals surface area contributed by atoms with Crippen molar-refractivity contribution in [1.82, 2.24) is 4.90 Å². The van der Waals surface area contributed by atoms with Crippen molar-refractivity contribution in [2.45, 2.75) is 11.6 Å². The lowest BCUT2D eigenvalue weighted by atomic mass is 9.70. The van der Waals surface area contributed by atoms with Crippen LogP contribution in [0.2, 0.25) is 0 Å². The number of benzene rings is 2. The number of Topliss-reactive ketones (excluding diaryl/α,β-unsaturated/α-hetero) is 1. The molecule has 0 fully saturated rings. The van der Waals surface area contributed by atoms with Crippen LogP contribution in [0.5, 0.6) is 0 Å². The van der Waals surface area contributed by atoms with Crippen molar-refractivity contribution < 1.29 is 18.0 Å². The number of likely N-dealkylation sites (N-methyl/N-ethyl adjacent to an activating group) is 1. The van der Waals surface area contributed by atoms with E-state index in [9.17, 15) is 18.0 Å². The molecule has 0 saturated carbocycles. The summed E-state index contributed by atoms with van der Waals surface area (Å²) in [5.41, 5.74) is -2.04. The molecular weight excluding hydrogens is 315 g/mol. The summed E-state index contributed by atoms with van der Waals surface area (Å²) < 4.78 is 42.4. The third kappa shape index (κ3) is 2.50. The van der Waals surface area contributed by atoms with Crippen LogP contribution in [0.15, 0.2) is 66.9 Å². The number of halogens is 3. The van der Waals surface area contributed by atoms with Gasteiger partial charge in [-0.25, -0.2) is 0 Å². The Morgan fingerprint density at radius 3 is 2.04 bits per heavy atom. The number of rotatable bonds is 2. The first-order valence-electron chi connectivity index (χ1n) is 7.51. The molecule has 3 rings (SSSR count). The number of hydrogen-bond donors (Lipinski definition) is 0. The van der Waals surface area contributed by atoms with E-state index in [0.29, 0.717) is 5.56 Å². The number of carbonyl (C=O) groups excluding carboxylic acids is 1. The van der Waals surface area contributed by atoms with Crippen LogP contribution in [0.3, 0.4) is 0 Å². The fourth-order valence-electron chi connectivity index (χ4n) is 3.15. The molecule has 24 heavy (non-hydrogen) atoms. The highest BCUT2D eigenvalue weighted by Gasteiger charge is 2.63. The summed E-state index contributed by atoms with van der Waals surface area (Å²) in [5, 5.41) is 0. The maximum absolute atomic E-state index is 14.1. The van der Waals surface area contributed by atoms with Crippen molar-refractivity contribution in [3.63, 3.8) is 0 Å². The third-order valence-electron chi connectivity index (χ3n) is 4.30. The molecule has 1 atom stereocenters. The first-order valence-corrected chi connectivity index (χ1v) is 7.51.